The first-order chi connectivity index (χ1) is 5.08. The molecule has 0 spiro atoms. The molecule has 0 aliphatic rings. The summed E-state index contributed by atoms with van der Waals surface area (Å²) in [5.41, 5.74) is 0.933. The van der Waals surface area contributed by atoms with E-state index in [0.29, 0.717) is 6.16 Å². The molecule has 0 saturated heterocycles. The molecule has 0 atom stereocenters. The SMILES string of the molecule is O[P+](O)(Br)Cc1ccccc1. The molecule has 4 heteroatoms. The van der Waals surface area contributed by atoms with E-state index in [1.165, 1.54) is 0 Å². The fraction of sp³-hybridized carbons (Fsp3) is 0.143. The van der Waals surface area contributed by atoms with Crippen LogP contribution in [0, 0.1) is 0 Å². The normalized spacial score (nSPS) is 11.5. The first kappa shape index (κ1) is 9.14. The monoisotopic (exact) mass is 235 g/mol. The molecule has 0 unspecified atom stereocenters. The second-order valence-electron chi connectivity index (χ2n) is 2.29. The maximum atomic E-state index is 9.05. The zero-order valence-corrected chi connectivity index (χ0v) is 8.29. The first-order valence-corrected chi connectivity index (χ1v) is 7.05. The summed E-state index contributed by atoms with van der Waals surface area (Å²) < 4.78 is 0. The Labute approximate surface area is 74.1 Å². The lowest BCUT2D eigenvalue weighted by Crippen LogP contribution is -1.86. The summed E-state index contributed by atoms with van der Waals surface area (Å²) in [4.78, 5) is 18.1. The Balaban J connectivity index is 2.66. The molecule has 0 radical (unpaired) electrons. The molecule has 0 saturated carbocycles. The zero-order valence-electron chi connectivity index (χ0n) is 5.81. The third-order valence-corrected chi connectivity index (χ3v) is 2.75. The average Bonchev–Trinajstić information content (AvgIpc) is 1.85. The van der Waals surface area contributed by atoms with Crippen LogP contribution in [-0.4, -0.2) is 9.79 Å². The van der Waals surface area contributed by atoms with Gasteiger partial charge in [0.05, 0.1) is 0 Å². The molecule has 11 heavy (non-hydrogen) atoms. The Morgan fingerprint density at radius 2 is 1.73 bits per heavy atom. The van der Waals surface area contributed by atoms with Crippen molar-refractivity contribution in [2.24, 2.45) is 0 Å². The predicted molar refractivity (Wildman–Crippen MR) is 50.4 cm³/mol. The fourth-order valence-corrected chi connectivity index (χ4v) is 2.36. The van der Waals surface area contributed by atoms with Gasteiger partial charge in [0.1, 0.15) is 6.16 Å². The van der Waals surface area contributed by atoms with Gasteiger partial charge in [0.25, 0.3) is 0 Å². The average molecular weight is 236 g/mol. The van der Waals surface area contributed by atoms with Crippen LogP contribution in [0.5, 0.6) is 0 Å². The summed E-state index contributed by atoms with van der Waals surface area (Å²) >= 11 is 2.84. The van der Waals surface area contributed by atoms with Crippen molar-refractivity contribution in [1.82, 2.24) is 0 Å². The van der Waals surface area contributed by atoms with E-state index in [0.717, 1.165) is 5.56 Å². The van der Waals surface area contributed by atoms with E-state index in [2.05, 4.69) is 15.5 Å². The summed E-state index contributed by atoms with van der Waals surface area (Å²) in [5, 5.41) is 0. The smallest absolute Gasteiger partial charge is 0.209 e. The van der Waals surface area contributed by atoms with Crippen LogP contribution in [0.3, 0.4) is 0 Å². The fourth-order valence-electron chi connectivity index (χ4n) is 0.816. The van der Waals surface area contributed by atoms with Crippen molar-refractivity contribution >= 4 is 21.9 Å². The van der Waals surface area contributed by atoms with Crippen LogP contribution in [0.15, 0.2) is 30.3 Å². The van der Waals surface area contributed by atoms with E-state index in [1.807, 2.05) is 30.3 Å². The third kappa shape index (κ3) is 3.82. The summed E-state index contributed by atoms with van der Waals surface area (Å²) in [6, 6.07) is 9.37. The first-order valence-electron chi connectivity index (χ1n) is 3.15. The lowest BCUT2D eigenvalue weighted by Gasteiger charge is -2.02. The molecule has 1 aromatic carbocycles. The van der Waals surface area contributed by atoms with Gasteiger partial charge >= 0.3 is 6.42 Å². The lowest BCUT2D eigenvalue weighted by molar-refractivity contribution is 0.475. The highest BCUT2D eigenvalue weighted by molar-refractivity contribution is 9.40. The minimum absolute atomic E-state index is 0.299. The number of hydrogen-bond acceptors (Lipinski definition) is 2. The van der Waals surface area contributed by atoms with Gasteiger partial charge in [0.15, 0.2) is 0 Å². The van der Waals surface area contributed by atoms with Gasteiger partial charge in [-0.15, -0.1) is 0 Å². The van der Waals surface area contributed by atoms with Gasteiger partial charge < -0.3 is 0 Å². The Hall–Kier alpha value is 0.0500. The van der Waals surface area contributed by atoms with Gasteiger partial charge in [0, 0.05) is 0 Å². The molecule has 0 aliphatic carbocycles. The number of rotatable bonds is 2. The molecule has 0 heterocycles. The van der Waals surface area contributed by atoms with Crippen molar-refractivity contribution in [3.63, 3.8) is 0 Å². The standard InChI is InChI=1S/C7H9BrO2P/c8-11(9,10)6-7-4-2-1-3-5-7/h1-5,9-10H,6H2/q+1. The highest BCUT2D eigenvalue weighted by atomic mass is 79.9. The third-order valence-electron chi connectivity index (χ3n) is 1.23. The highest BCUT2D eigenvalue weighted by Crippen LogP contribution is 2.60. The van der Waals surface area contributed by atoms with E-state index < -0.39 is 6.42 Å². The van der Waals surface area contributed by atoms with Crippen molar-refractivity contribution < 1.29 is 9.79 Å². The number of halogens is 1. The summed E-state index contributed by atoms with van der Waals surface area (Å²) in [5.74, 6) is 0. The molecule has 1 rings (SSSR count). The molecular weight excluding hydrogens is 227 g/mol. The van der Waals surface area contributed by atoms with Crippen LogP contribution in [0.4, 0.5) is 0 Å². The largest absolute Gasteiger partial charge is 0.340 e. The van der Waals surface area contributed by atoms with Gasteiger partial charge in [-0.3, -0.25) is 0 Å². The van der Waals surface area contributed by atoms with Crippen molar-refractivity contribution in [1.29, 1.82) is 0 Å². The topological polar surface area (TPSA) is 40.5 Å². The van der Waals surface area contributed by atoms with E-state index in [-0.39, 0.29) is 0 Å². The van der Waals surface area contributed by atoms with E-state index in [4.69, 9.17) is 9.79 Å². The van der Waals surface area contributed by atoms with Gasteiger partial charge in [-0.25, -0.2) is 9.79 Å². The number of benzene rings is 1. The predicted octanol–water partition coefficient (Wildman–Crippen LogP) is 2.33. The van der Waals surface area contributed by atoms with Crippen LogP contribution in [0.2, 0.25) is 0 Å². The number of hydrogen-bond donors (Lipinski definition) is 2. The van der Waals surface area contributed by atoms with Crippen LogP contribution in [-0.2, 0) is 6.16 Å². The Kier molecular flexibility index (Phi) is 3.02. The molecule has 0 bridgehead atoms. The van der Waals surface area contributed by atoms with Gasteiger partial charge in [-0.2, -0.15) is 0 Å². The van der Waals surface area contributed by atoms with Gasteiger partial charge in [0.2, 0.25) is 15.5 Å². The van der Waals surface area contributed by atoms with Crippen molar-refractivity contribution in [3.8, 4) is 0 Å². The molecule has 0 fully saturated rings. The second-order valence-corrected chi connectivity index (χ2v) is 7.30. The van der Waals surface area contributed by atoms with Crippen LogP contribution in [0.1, 0.15) is 5.56 Å². The molecule has 2 nitrogen and oxygen atoms in total. The van der Waals surface area contributed by atoms with Gasteiger partial charge in [-0.1, -0.05) is 30.3 Å². The van der Waals surface area contributed by atoms with Crippen LogP contribution >= 0.6 is 21.9 Å². The van der Waals surface area contributed by atoms with E-state index in [9.17, 15) is 0 Å². The maximum absolute atomic E-state index is 9.05. The Bertz CT molecular complexity index is 220. The van der Waals surface area contributed by atoms with Crippen molar-refractivity contribution in [2.45, 2.75) is 6.16 Å². The molecule has 0 aliphatic heterocycles. The zero-order chi connectivity index (χ0) is 8.32. The molecule has 0 aromatic heterocycles. The lowest BCUT2D eigenvalue weighted by atomic mass is 10.2. The maximum Gasteiger partial charge on any atom is 0.340 e. The Morgan fingerprint density at radius 3 is 2.18 bits per heavy atom. The van der Waals surface area contributed by atoms with Crippen molar-refractivity contribution in [3.05, 3.63) is 35.9 Å². The summed E-state index contributed by atoms with van der Waals surface area (Å²) in [6.45, 7) is 0. The van der Waals surface area contributed by atoms with Crippen molar-refractivity contribution in [2.75, 3.05) is 0 Å². The second kappa shape index (κ2) is 3.63. The van der Waals surface area contributed by atoms with Gasteiger partial charge in [-0.05, 0) is 5.56 Å². The van der Waals surface area contributed by atoms with E-state index in [1.54, 1.807) is 0 Å². The summed E-state index contributed by atoms with van der Waals surface area (Å²) in [6.07, 6.45) is -2.53. The minimum Gasteiger partial charge on any atom is -0.209 e. The highest BCUT2D eigenvalue weighted by Gasteiger charge is 2.29. The Morgan fingerprint density at radius 1 is 1.18 bits per heavy atom. The van der Waals surface area contributed by atoms with E-state index >= 15 is 0 Å². The van der Waals surface area contributed by atoms with Crippen LogP contribution in [0.25, 0.3) is 0 Å². The molecular formula is C7H9BrO2P+. The molecule has 0 amide bonds. The molecule has 1 aromatic rings. The van der Waals surface area contributed by atoms with Crippen LogP contribution < -0.4 is 0 Å². The quantitative estimate of drug-likeness (QED) is 0.773. The molecule has 2 N–H and O–H groups in total. The summed E-state index contributed by atoms with van der Waals surface area (Å²) in [7, 11) is 0. The minimum atomic E-state index is -2.83. The molecule has 60 valence electrons.